The van der Waals surface area contributed by atoms with Gasteiger partial charge in [0.05, 0.1) is 6.54 Å². The van der Waals surface area contributed by atoms with Crippen molar-refractivity contribution in [3.8, 4) is 0 Å². The smallest absolute Gasteiger partial charge is 0.173 e. The van der Waals surface area contributed by atoms with Crippen molar-refractivity contribution in [1.82, 2.24) is 9.80 Å². The van der Waals surface area contributed by atoms with Gasteiger partial charge in [-0.1, -0.05) is 32.0 Å². The Kier molecular flexibility index (Phi) is 7.88. The number of nitrogens with zero attached hydrogens (tertiary/aromatic N) is 2. The molecule has 1 heterocycles. The van der Waals surface area contributed by atoms with Gasteiger partial charge in [-0.25, -0.2) is 0 Å². The van der Waals surface area contributed by atoms with Crippen LogP contribution >= 0.6 is 23.6 Å². The molecule has 0 atom stereocenters. The second-order valence-corrected chi connectivity index (χ2v) is 8.28. The number of thiocarbonyl (C=S) groups is 1. The van der Waals surface area contributed by atoms with Crippen molar-refractivity contribution in [2.45, 2.75) is 32.7 Å². The van der Waals surface area contributed by atoms with Crippen LogP contribution in [0.4, 0.5) is 5.69 Å². The van der Waals surface area contributed by atoms with E-state index in [2.05, 4.69) is 84.8 Å². The molecule has 2 rings (SSSR count). The summed E-state index contributed by atoms with van der Waals surface area (Å²) in [5, 5.41) is 6.32. The summed E-state index contributed by atoms with van der Waals surface area (Å²) in [5.74, 6) is 0.544. The number of benzene rings is 1. The topological polar surface area (TPSA) is 18.5 Å². The Morgan fingerprint density at radius 3 is 2.40 bits per heavy atom. The molecule has 0 unspecified atom stereocenters. The van der Waals surface area contributed by atoms with Gasteiger partial charge < -0.3 is 15.1 Å². The van der Waals surface area contributed by atoms with Gasteiger partial charge in [-0.2, -0.15) is 0 Å². The van der Waals surface area contributed by atoms with Crippen molar-refractivity contribution >= 4 is 34.4 Å². The van der Waals surface area contributed by atoms with Crippen LogP contribution in [0, 0.1) is 0 Å². The van der Waals surface area contributed by atoms with Crippen LogP contribution in [-0.2, 0) is 6.54 Å². The van der Waals surface area contributed by atoms with Crippen molar-refractivity contribution in [2.24, 2.45) is 0 Å². The molecule has 0 amide bonds. The van der Waals surface area contributed by atoms with Gasteiger partial charge in [0.15, 0.2) is 5.11 Å². The molecule has 3 nitrogen and oxygen atoms in total. The summed E-state index contributed by atoms with van der Waals surface area (Å²) in [7, 11) is 4.22. The highest BCUT2D eigenvalue weighted by Crippen LogP contribution is 2.18. The van der Waals surface area contributed by atoms with Gasteiger partial charge in [-0.15, -0.1) is 11.3 Å². The monoisotopic (exact) mass is 375 g/mol. The first-order valence-electron chi connectivity index (χ1n) is 8.78. The number of nitrogens with one attached hydrogen (secondary N) is 1. The van der Waals surface area contributed by atoms with E-state index in [1.54, 1.807) is 11.3 Å². The van der Waals surface area contributed by atoms with Crippen LogP contribution in [0.3, 0.4) is 0 Å². The summed E-state index contributed by atoms with van der Waals surface area (Å²) < 4.78 is 0. The van der Waals surface area contributed by atoms with Gasteiger partial charge in [-0.05, 0) is 74.3 Å². The lowest BCUT2D eigenvalue weighted by atomic mass is 10.0. The molecule has 25 heavy (non-hydrogen) atoms. The van der Waals surface area contributed by atoms with E-state index in [4.69, 9.17) is 12.2 Å². The average Bonchev–Trinajstić information content (AvgIpc) is 3.07. The Morgan fingerprint density at radius 2 is 1.84 bits per heavy atom. The van der Waals surface area contributed by atoms with Gasteiger partial charge >= 0.3 is 0 Å². The second kappa shape index (κ2) is 9.90. The Hall–Kier alpha value is -1.43. The lowest BCUT2D eigenvalue weighted by molar-refractivity contribution is 0.347. The molecule has 0 aliphatic rings. The summed E-state index contributed by atoms with van der Waals surface area (Å²) in [5.41, 5.74) is 2.40. The zero-order valence-electron chi connectivity index (χ0n) is 15.7. The molecule has 1 aromatic carbocycles. The number of hydrogen-bond donors (Lipinski definition) is 1. The largest absolute Gasteiger partial charge is 0.344 e. The second-order valence-electron chi connectivity index (χ2n) is 6.86. The minimum atomic E-state index is 0.544. The maximum Gasteiger partial charge on any atom is 0.173 e. The highest BCUT2D eigenvalue weighted by molar-refractivity contribution is 7.80. The lowest BCUT2D eigenvalue weighted by Crippen LogP contribution is -2.36. The zero-order chi connectivity index (χ0) is 18.2. The highest BCUT2D eigenvalue weighted by atomic mass is 32.1. The number of anilines is 1. The maximum atomic E-state index is 5.70. The molecule has 0 aliphatic heterocycles. The molecule has 0 saturated carbocycles. The van der Waals surface area contributed by atoms with Crippen LogP contribution in [0.1, 0.15) is 36.6 Å². The fraction of sp³-hybridized carbons (Fsp3) is 0.450. The molecule has 1 N–H and O–H groups in total. The fourth-order valence-electron chi connectivity index (χ4n) is 2.57. The van der Waals surface area contributed by atoms with E-state index in [-0.39, 0.29) is 0 Å². The summed E-state index contributed by atoms with van der Waals surface area (Å²) in [4.78, 5) is 5.81. The normalized spacial score (nSPS) is 11.1. The predicted octanol–water partition coefficient (Wildman–Crippen LogP) is 5.02. The maximum absolute atomic E-state index is 5.70. The van der Waals surface area contributed by atoms with E-state index >= 15 is 0 Å². The van der Waals surface area contributed by atoms with E-state index in [1.165, 1.54) is 10.4 Å². The summed E-state index contributed by atoms with van der Waals surface area (Å²) in [6, 6.07) is 12.8. The van der Waals surface area contributed by atoms with Gasteiger partial charge in [0.2, 0.25) is 0 Å². The molecular formula is C20H29N3S2. The Morgan fingerprint density at radius 1 is 1.12 bits per heavy atom. The summed E-state index contributed by atoms with van der Waals surface area (Å²) in [6.07, 6.45) is 1.09. The first kappa shape index (κ1) is 19.9. The van der Waals surface area contributed by atoms with Crippen LogP contribution in [0.2, 0.25) is 0 Å². The van der Waals surface area contributed by atoms with Crippen LogP contribution < -0.4 is 5.32 Å². The Balaban J connectivity index is 2.00. The Labute approximate surface area is 161 Å². The van der Waals surface area contributed by atoms with Crippen molar-refractivity contribution in [3.05, 3.63) is 52.2 Å². The average molecular weight is 376 g/mol. The standard InChI is InChI=1S/C20H29N3S2/c1-16(2)17-8-10-18(11-9-17)21-20(24)23(13-6-12-22(3)4)15-19-7-5-14-25-19/h5,7-11,14,16H,6,12-13,15H2,1-4H3,(H,21,24). The molecule has 0 saturated heterocycles. The first-order chi connectivity index (χ1) is 12.0. The van der Waals surface area contributed by atoms with E-state index in [1.807, 2.05) is 0 Å². The summed E-state index contributed by atoms with van der Waals surface area (Å²) in [6.45, 7) is 7.29. The molecule has 0 fully saturated rings. The fourth-order valence-corrected chi connectivity index (χ4v) is 3.57. The van der Waals surface area contributed by atoms with E-state index < -0.39 is 0 Å². The number of hydrogen-bond acceptors (Lipinski definition) is 3. The van der Waals surface area contributed by atoms with Crippen LogP contribution in [0.5, 0.6) is 0 Å². The zero-order valence-corrected chi connectivity index (χ0v) is 17.3. The van der Waals surface area contributed by atoms with Gasteiger partial charge in [-0.3, -0.25) is 0 Å². The quantitative estimate of drug-likeness (QED) is 0.653. The molecule has 136 valence electrons. The SMILES string of the molecule is CC(C)c1ccc(NC(=S)N(CCCN(C)C)Cc2cccs2)cc1. The minimum Gasteiger partial charge on any atom is -0.344 e. The Bertz CT molecular complexity index is 633. The van der Waals surface area contributed by atoms with Crippen LogP contribution in [0.25, 0.3) is 0 Å². The van der Waals surface area contributed by atoms with E-state index in [9.17, 15) is 0 Å². The molecule has 0 bridgehead atoms. The molecule has 0 radical (unpaired) electrons. The van der Waals surface area contributed by atoms with Gasteiger partial charge in [0.1, 0.15) is 0 Å². The summed E-state index contributed by atoms with van der Waals surface area (Å²) >= 11 is 7.48. The molecule has 0 aliphatic carbocycles. The number of rotatable bonds is 8. The molecule has 1 aromatic heterocycles. The van der Waals surface area contributed by atoms with Gasteiger partial charge in [0.25, 0.3) is 0 Å². The lowest BCUT2D eigenvalue weighted by Gasteiger charge is -2.26. The van der Waals surface area contributed by atoms with Crippen LogP contribution in [0.15, 0.2) is 41.8 Å². The van der Waals surface area contributed by atoms with Crippen molar-refractivity contribution in [1.29, 1.82) is 0 Å². The van der Waals surface area contributed by atoms with E-state index in [0.717, 1.165) is 36.9 Å². The third-order valence-electron chi connectivity index (χ3n) is 4.08. The predicted molar refractivity (Wildman–Crippen MR) is 115 cm³/mol. The number of thiophene rings is 1. The molecule has 5 heteroatoms. The third-order valence-corrected chi connectivity index (χ3v) is 5.30. The first-order valence-corrected chi connectivity index (χ1v) is 10.1. The van der Waals surface area contributed by atoms with Crippen LogP contribution in [-0.4, -0.2) is 42.1 Å². The van der Waals surface area contributed by atoms with Crippen molar-refractivity contribution in [3.63, 3.8) is 0 Å². The minimum absolute atomic E-state index is 0.544. The molecular weight excluding hydrogens is 346 g/mol. The highest BCUT2D eigenvalue weighted by Gasteiger charge is 2.12. The van der Waals surface area contributed by atoms with Gasteiger partial charge in [0, 0.05) is 17.1 Å². The van der Waals surface area contributed by atoms with E-state index in [0.29, 0.717) is 5.92 Å². The van der Waals surface area contributed by atoms with Crippen molar-refractivity contribution in [2.75, 3.05) is 32.5 Å². The third kappa shape index (κ3) is 6.77. The van der Waals surface area contributed by atoms with Crippen molar-refractivity contribution < 1.29 is 0 Å². The molecule has 2 aromatic rings. The molecule has 0 spiro atoms.